The Balaban J connectivity index is 2.03. The molecule has 0 radical (unpaired) electrons. The molecule has 3 unspecified atom stereocenters. The standard InChI is InChI=1S/C12H16BrNO/c1-9(10-5-2-3-7-14-10)12(13)11-6-4-8-15-11/h2-3,5,7,9,11-12H,4,6,8H2,1H3. The minimum atomic E-state index is 0.349. The molecule has 0 saturated carbocycles. The Bertz CT molecular complexity index is 298. The zero-order valence-electron chi connectivity index (χ0n) is 8.90. The van der Waals surface area contributed by atoms with Gasteiger partial charge in [0.2, 0.25) is 0 Å². The third kappa shape index (κ3) is 2.58. The van der Waals surface area contributed by atoms with Gasteiger partial charge in [-0.25, -0.2) is 0 Å². The predicted octanol–water partition coefficient (Wildman–Crippen LogP) is 3.13. The summed E-state index contributed by atoms with van der Waals surface area (Å²) < 4.78 is 5.68. The molecule has 3 atom stereocenters. The van der Waals surface area contributed by atoms with Crippen molar-refractivity contribution in [1.29, 1.82) is 0 Å². The first-order chi connectivity index (χ1) is 7.29. The highest BCUT2D eigenvalue weighted by Gasteiger charge is 2.29. The van der Waals surface area contributed by atoms with Gasteiger partial charge in [0.05, 0.1) is 6.10 Å². The van der Waals surface area contributed by atoms with Gasteiger partial charge in [0, 0.05) is 29.2 Å². The van der Waals surface area contributed by atoms with Crippen LogP contribution in [0.3, 0.4) is 0 Å². The van der Waals surface area contributed by atoms with Crippen LogP contribution in [0.5, 0.6) is 0 Å². The summed E-state index contributed by atoms with van der Waals surface area (Å²) in [5.41, 5.74) is 1.13. The Hall–Kier alpha value is -0.410. The number of rotatable bonds is 3. The highest BCUT2D eigenvalue weighted by Crippen LogP contribution is 2.31. The summed E-state index contributed by atoms with van der Waals surface area (Å²) in [7, 11) is 0. The first-order valence-electron chi connectivity index (χ1n) is 5.45. The molecular weight excluding hydrogens is 254 g/mol. The Morgan fingerprint density at radius 3 is 3.00 bits per heavy atom. The number of alkyl halides is 1. The topological polar surface area (TPSA) is 22.1 Å². The monoisotopic (exact) mass is 269 g/mol. The van der Waals surface area contributed by atoms with E-state index in [1.165, 1.54) is 6.42 Å². The number of hydrogen-bond donors (Lipinski definition) is 0. The van der Waals surface area contributed by atoms with Crippen LogP contribution < -0.4 is 0 Å². The molecule has 0 bridgehead atoms. The van der Waals surface area contributed by atoms with E-state index in [2.05, 4.69) is 33.9 Å². The average Bonchev–Trinajstić information content (AvgIpc) is 2.82. The van der Waals surface area contributed by atoms with Crippen LogP contribution in [0.15, 0.2) is 24.4 Å². The van der Waals surface area contributed by atoms with Crippen molar-refractivity contribution < 1.29 is 4.74 Å². The van der Waals surface area contributed by atoms with Crippen molar-refractivity contribution in [1.82, 2.24) is 4.98 Å². The lowest BCUT2D eigenvalue weighted by Gasteiger charge is -2.23. The normalized spacial score (nSPS) is 25.1. The van der Waals surface area contributed by atoms with Crippen LogP contribution in [0.1, 0.15) is 31.4 Å². The van der Waals surface area contributed by atoms with Crippen LogP contribution >= 0.6 is 15.9 Å². The van der Waals surface area contributed by atoms with E-state index in [1.807, 2.05) is 18.3 Å². The summed E-state index contributed by atoms with van der Waals surface area (Å²) in [4.78, 5) is 4.76. The summed E-state index contributed by atoms with van der Waals surface area (Å²) in [5.74, 6) is 0.397. The van der Waals surface area contributed by atoms with Gasteiger partial charge in [-0.05, 0) is 25.0 Å². The van der Waals surface area contributed by atoms with Gasteiger partial charge in [-0.3, -0.25) is 4.98 Å². The molecule has 0 amide bonds. The third-order valence-corrected chi connectivity index (χ3v) is 4.33. The SMILES string of the molecule is CC(c1ccccn1)C(Br)C1CCCO1. The summed E-state index contributed by atoms with van der Waals surface area (Å²) in [6.45, 7) is 3.10. The number of ether oxygens (including phenoxy) is 1. The minimum absolute atomic E-state index is 0.349. The fourth-order valence-electron chi connectivity index (χ4n) is 1.98. The van der Waals surface area contributed by atoms with Gasteiger partial charge in [-0.15, -0.1) is 0 Å². The lowest BCUT2D eigenvalue weighted by Crippen LogP contribution is -2.25. The van der Waals surface area contributed by atoms with E-state index in [0.29, 0.717) is 16.8 Å². The maximum atomic E-state index is 5.68. The Morgan fingerprint density at radius 1 is 1.53 bits per heavy atom. The highest BCUT2D eigenvalue weighted by atomic mass is 79.9. The fraction of sp³-hybridized carbons (Fsp3) is 0.583. The molecule has 1 aromatic heterocycles. The molecular formula is C12H16BrNO. The van der Waals surface area contributed by atoms with E-state index in [4.69, 9.17) is 4.74 Å². The summed E-state index contributed by atoms with van der Waals surface area (Å²) >= 11 is 3.74. The predicted molar refractivity (Wildman–Crippen MR) is 64.3 cm³/mol. The van der Waals surface area contributed by atoms with Gasteiger partial charge in [-0.2, -0.15) is 0 Å². The first kappa shape index (κ1) is 11.1. The van der Waals surface area contributed by atoms with Gasteiger partial charge in [0.15, 0.2) is 0 Å². The minimum Gasteiger partial charge on any atom is -0.377 e. The van der Waals surface area contributed by atoms with Crippen LogP contribution in [0.25, 0.3) is 0 Å². The van der Waals surface area contributed by atoms with Crippen LogP contribution in [0.4, 0.5) is 0 Å². The molecule has 1 saturated heterocycles. The smallest absolute Gasteiger partial charge is 0.0707 e. The Morgan fingerprint density at radius 2 is 2.40 bits per heavy atom. The van der Waals surface area contributed by atoms with Crippen LogP contribution in [-0.4, -0.2) is 22.5 Å². The quantitative estimate of drug-likeness (QED) is 0.787. The number of pyridine rings is 1. The molecule has 3 heteroatoms. The van der Waals surface area contributed by atoms with Crippen molar-refractivity contribution in [3.63, 3.8) is 0 Å². The number of nitrogens with zero attached hydrogens (tertiary/aromatic N) is 1. The zero-order valence-corrected chi connectivity index (χ0v) is 10.5. The molecule has 82 valence electrons. The van der Waals surface area contributed by atoms with Crippen molar-refractivity contribution in [2.24, 2.45) is 0 Å². The highest BCUT2D eigenvalue weighted by molar-refractivity contribution is 9.09. The number of aromatic nitrogens is 1. The molecule has 2 rings (SSSR count). The molecule has 0 spiro atoms. The molecule has 1 aromatic rings. The van der Waals surface area contributed by atoms with Crippen molar-refractivity contribution >= 4 is 15.9 Å². The molecule has 0 N–H and O–H groups in total. The average molecular weight is 270 g/mol. The molecule has 0 aromatic carbocycles. The lowest BCUT2D eigenvalue weighted by molar-refractivity contribution is 0.105. The van der Waals surface area contributed by atoms with Gasteiger partial charge < -0.3 is 4.74 Å². The molecule has 1 aliphatic heterocycles. The maximum absolute atomic E-state index is 5.68. The fourth-order valence-corrected chi connectivity index (χ4v) is 2.67. The van der Waals surface area contributed by atoms with E-state index < -0.39 is 0 Å². The summed E-state index contributed by atoms with van der Waals surface area (Å²) in [6, 6.07) is 6.06. The Kier molecular flexibility index (Phi) is 3.76. The molecule has 0 aliphatic carbocycles. The van der Waals surface area contributed by atoms with E-state index >= 15 is 0 Å². The van der Waals surface area contributed by atoms with Crippen LogP contribution in [-0.2, 0) is 4.74 Å². The van der Waals surface area contributed by atoms with E-state index in [1.54, 1.807) is 0 Å². The second-order valence-electron chi connectivity index (χ2n) is 4.04. The lowest BCUT2D eigenvalue weighted by atomic mass is 9.98. The van der Waals surface area contributed by atoms with Crippen molar-refractivity contribution in [3.8, 4) is 0 Å². The third-order valence-electron chi connectivity index (χ3n) is 2.95. The van der Waals surface area contributed by atoms with Crippen molar-refractivity contribution in [2.45, 2.75) is 36.6 Å². The molecule has 1 aliphatic rings. The summed E-state index contributed by atoms with van der Waals surface area (Å²) in [6.07, 6.45) is 4.54. The van der Waals surface area contributed by atoms with Gasteiger partial charge in [0.25, 0.3) is 0 Å². The van der Waals surface area contributed by atoms with Crippen molar-refractivity contribution in [2.75, 3.05) is 6.61 Å². The van der Waals surface area contributed by atoms with E-state index in [0.717, 1.165) is 18.7 Å². The zero-order chi connectivity index (χ0) is 10.7. The summed E-state index contributed by atoms with van der Waals surface area (Å²) in [5, 5.41) is 0. The van der Waals surface area contributed by atoms with Gasteiger partial charge >= 0.3 is 0 Å². The Labute approximate surface area is 99.2 Å². The largest absolute Gasteiger partial charge is 0.377 e. The number of halogens is 1. The molecule has 2 heterocycles. The maximum Gasteiger partial charge on any atom is 0.0707 e. The first-order valence-corrected chi connectivity index (χ1v) is 6.37. The molecule has 1 fully saturated rings. The van der Waals surface area contributed by atoms with Gasteiger partial charge in [-0.1, -0.05) is 28.9 Å². The van der Waals surface area contributed by atoms with Gasteiger partial charge in [0.1, 0.15) is 0 Å². The van der Waals surface area contributed by atoms with E-state index in [9.17, 15) is 0 Å². The number of hydrogen-bond acceptors (Lipinski definition) is 2. The molecule has 15 heavy (non-hydrogen) atoms. The second-order valence-corrected chi connectivity index (χ2v) is 5.10. The van der Waals surface area contributed by atoms with Crippen molar-refractivity contribution in [3.05, 3.63) is 30.1 Å². The van der Waals surface area contributed by atoms with Crippen LogP contribution in [0.2, 0.25) is 0 Å². The second kappa shape index (κ2) is 5.08. The van der Waals surface area contributed by atoms with Crippen LogP contribution in [0, 0.1) is 0 Å². The molecule has 2 nitrogen and oxygen atoms in total. The van der Waals surface area contributed by atoms with E-state index in [-0.39, 0.29) is 0 Å².